The average molecular weight is 178 g/mol. The van der Waals surface area contributed by atoms with Gasteiger partial charge in [-0.05, 0) is 6.92 Å². The smallest absolute Gasteiger partial charge is 0.344 e. The molecule has 0 spiro atoms. The van der Waals surface area contributed by atoms with E-state index in [1.54, 1.807) is 0 Å². The fraction of sp³-hybridized carbons (Fsp3) is 0.857. The summed E-state index contributed by atoms with van der Waals surface area (Å²) in [6.45, 7) is 3.76. The third-order valence-corrected chi connectivity index (χ3v) is 1.13. The van der Waals surface area contributed by atoms with Gasteiger partial charge in [-0.2, -0.15) is 5.26 Å². The highest BCUT2D eigenvalue weighted by molar-refractivity contribution is 5.68. The Bertz CT molecular complexity index is 114. The molecule has 0 heterocycles. The van der Waals surface area contributed by atoms with E-state index in [1.165, 1.54) is 0 Å². The summed E-state index contributed by atoms with van der Waals surface area (Å²) in [6.07, 6.45) is 0.0582. The van der Waals surface area contributed by atoms with E-state index in [9.17, 15) is 4.79 Å². The molecule has 0 saturated carbocycles. The minimum absolute atomic E-state index is 0.0582. The maximum absolute atomic E-state index is 10.3. The fourth-order valence-corrected chi connectivity index (χ4v) is 0.565. The Kier molecular flexibility index (Phi) is 7.99. The summed E-state index contributed by atoms with van der Waals surface area (Å²) in [5, 5.41) is 7.85. The van der Waals surface area contributed by atoms with Gasteiger partial charge in [-0.15, -0.1) is 0 Å². The number of ether oxygens (including phenoxy) is 2. The second-order valence-corrected chi connectivity index (χ2v) is 2.02. The van der Waals surface area contributed by atoms with Gasteiger partial charge in [-0.3, -0.25) is 0 Å². The number of hydrogen-bond donors (Lipinski definition) is 1. The van der Waals surface area contributed by atoms with E-state index in [0.29, 0.717) is 19.8 Å². The second-order valence-electron chi connectivity index (χ2n) is 2.02. The molecule has 0 aliphatic rings. The lowest BCUT2D eigenvalue weighted by atomic mass is 10.5. The summed E-state index contributed by atoms with van der Waals surface area (Å²) < 4.78 is 9.95. The second kappa shape index (κ2) is 8.45. The number of carbonyl (C=O) groups is 1. The zero-order valence-electron chi connectivity index (χ0n) is 7.12. The molecule has 0 aliphatic heterocycles. The van der Waals surface area contributed by atoms with Gasteiger partial charge in [0.15, 0.2) is 0 Å². The number of rotatable bonds is 7. The molecular weight excluding hydrogens is 164 g/mol. The lowest BCUT2D eigenvalue weighted by Gasteiger charge is -2.02. The van der Waals surface area contributed by atoms with Crippen molar-refractivity contribution in [2.24, 2.45) is 0 Å². The van der Waals surface area contributed by atoms with E-state index < -0.39 is 5.97 Å². The summed E-state index contributed by atoms with van der Waals surface area (Å²) in [6, 6.07) is 0. The van der Waals surface area contributed by atoms with Gasteiger partial charge < -0.3 is 14.4 Å². The van der Waals surface area contributed by atoms with Crippen molar-refractivity contribution in [2.75, 3.05) is 26.4 Å². The van der Waals surface area contributed by atoms with Gasteiger partial charge in [-0.25, -0.2) is 4.79 Å². The fourth-order valence-electron chi connectivity index (χ4n) is 0.565. The van der Waals surface area contributed by atoms with Crippen LogP contribution in [0.3, 0.4) is 0 Å². The lowest BCUT2D eigenvalue weighted by molar-refractivity contribution is -0.235. The molecule has 12 heavy (non-hydrogen) atoms. The molecule has 0 unspecified atom stereocenters. The highest BCUT2D eigenvalue weighted by Crippen LogP contribution is 1.86. The summed E-state index contributed by atoms with van der Waals surface area (Å²) in [5.74, 6) is -0.689. The van der Waals surface area contributed by atoms with Crippen LogP contribution in [0.25, 0.3) is 0 Å². The summed E-state index contributed by atoms with van der Waals surface area (Å²) in [4.78, 5) is 13.7. The monoisotopic (exact) mass is 178 g/mol. The quantitative estimate of drug-likeness (QED) is 0.348. The molecule has 0 amide bonds. The van der Waals surface area contributed by atoms with Crippen LogP contribution in [0.1, 0.15) is 13.3 Å². The van der Waals surface area contributed by atoms with Gasteiger partial charge in [0.1, 0.15) is 0 Å². The van der Waals surface area contributed by atoms with Crippen molar-refractivity contribution >= 4 is 5.97 Å². The van der Waals surface area contributed by atoms with Crippen LogP contribution in [0.15, 0.2) is 0 Å². The van der Waals surface area contributed by atoms with E-state index in [0.717, 1.165) is 0 Å². The van der Waals surface area contributed by atoms with Crippen LogP contribution < -0.4 is 0 Å². The molecule has 5 nitrogen and oxygen atoms in total. The van der Waals surface area contributed by atoms with Crippen molar-refractivity contribution in [1.82, 2.24) is 0 Å². The Balaban J connectivity index is 2.95. The minimum Gasteiger partial charge on any atom is -0.379 e. The molecule has 72 valence electrons. The lowest BCUT2D eigenvalue weighted by Crippen LogP contribution is -2.09. The van der Waals surface area contributed by atoms with Crippen molar-refractivity contribution in [1.29, 1.82) is 0 Å². The van der Waals surface area contributed by atoms with E-state index in [2.05, 4.69) is 4.89 Å². The molecule has 0 saturated heterocycles. The first-order valence-electron chi connectivity index (χ1n) is 3.81. The van der Waals surface area contributed by atoms with Crippen molar-refractivity contribution in [3.8, 4) is 0 Å². The van der Waals surface area contributed by atoms with Gasteiger partial charge in [0.2, 0.25) is 0 Å². The molecular formula is C7H14O5. The van der Waals surface area contributed by atoms with Gasteiger partial charge in [0, 0.05) is 6.61 Å². The third kappa shape index (κ3) is 7.46. The average Bonchev–Trinajstić information content (AvgIpc) is 2.10. The molecule has 0 fully saturated rings. The molecule has 1 N–H and O–H groups in total. The molecule has 0 aromatic heterocycles. The Morgan fingerprint density at radius 3 is 2.50 bits per heavy atom. The molecule has 0 bridgehead atoms. The van der Waals surface area contributed by atoms with Crippen LogP contribution in [-0.2, 0) is 19.2 Å². The first kappa shape index (κ1) is 11.4. The Morgan fingerprint density at radius 1 is 1.25 bits per heavy atom. The maximum Gasteiger partial charge on any atom is 0.344 e. The highest BCUT2D eigenvalue weighted by Gasteiger charge is 2.00. The standard InChI is InChI=1S/C7H14O5/c1-2-10-5-6-11-4-3-7(8)12-9/h9H,2-6H2,1H3. The van der Waals surface area contributed by atoms with Gasteiger partial charge in [0.25, 0.3) is 0 Å². The summed E-state index contributed by atoms with van der Waals surface area (Å²) in [5.41, 5.74) is 0. The predicted octanol–water partition coefficient (Wildman–Crippen LogP) is 0.446. The molecule has 0 radical (unpaired) electrons. The molecule has 5 heteroatoms. The van der Waals surface area contributed by atoms with Crippen LogP contribution in [-0.4, -0.2) is 37.7 Å². The largest absolute Gasteiger partial charge is 0.379 e. The molecule has 0 atom stereocenters. The zero-order valence-corrected chi connectivity index (χ0v) is 7.12. The third-order valence-electron chi connectivity index (χ3n) is 1.13. The molecule has 0 aromatic rings. The first-order chi connectivity index (χ1) is 5.81. The van der Waals surface area contributed by atoms with Crippen LogP contribution in [0.4, 0.5) is 0 Å². The minimum atomic E-state index is -0.689. The Labute approximate surface area is 71.2 Å². The summed E-state index contributed by atoms with van der Waals surface area (Å²) >= 11 is 0. The Morgan fingerprint density at radius 2 is 1.92 bits per heavy atom. The van der Waals surface area contributed by atoms with Crippen molar-refractivity contribution in [3.63, 3.8) is 0 Å². The van der Waals surface area contributed by atoms with Crippen LogP contribution >= 0.6 is 0 Å². The van der Waals surface area contributed by atoms with Gasteiger partial charge >= 0.3 is 5.97 Å². The van der Waals surface area contributed by atoms with Crippen molar-refractivity contribution < 1.29 is 24.4 Å². The number of carbonyl (C=O) groups excluding carboxylic acids is 1. The zero-order chi connectivity index (χ0) is 9.23. The maximum atomic E-state index is 10.3. The Hall–Kier alpha value is -0.650. The van der Waals surface area contributed by atoms with Crippen molar-refractivity contribution in [3.05, 3.63) is 0 Å². The topological polar surface area (TPSA) is 65.0 Å². The highest BCUT2D eigenvalue weighted by atomic mass is 17.1. The normalized spacial score (nSPS) is 9.83. The summed E-state index contributed by atoms with van der Waals surface area (Å²) in [7, 11) is 0. The number of hydrogen-bond acceptors (Lipinski definition) is 5. The van der Waals surface area contributed by atoms with E-state index in [-0.39, 0.29) is 13.0 Å². The van der Waals surface area contributed by atoms with Gasteiger partial charge in [0.05, 0.1) is 26.2 Å². The first-order valence-corrected chi connectivity index (χ1v) is 3.81. The molecule has 0 rings (SSSR count). The van der Waals surface area contributed by atoms with Crippen LogP contribution in [0, 0.1) is 0 Å². The van der Waals surface area contributed by atoms with Gasteiger partial charge in [-0.1, -0.05) is 0 Å². The van der Waals surface area contributed by atoms with Crippen molar-refractivity contribution in [2.45, 2.75) is 13.3 Å². The van der Waals surface area contributed by atoms with E-state index >= 15 is 0 Å². The van der Waals surface area contributed by atoms with Crippen LogP contribution in [0.5, 0.6) is 0 Å². The SMILES string of the molecule is CCOCCOCCC(=O)OO. The molecule has 0 aliphatic carbocycles. The molecule has 0 aromatic carbocycles. The predicted molar refractivity (Wildman–Crippen MR) is 40.6 cm³/mol. The van der Waals surface area contributed by atoms with E-state index in [1.807, 2.05) is 6.92 Å². The van der Waals surface area contributed by atoms with Crippen LogP contribution in [0.2, 0.25) is 0 Å². The van der Waals surface area contributed by atoms with E-state index in [4.69, 9.17) is 14.7 Å².